The molecule has 1 aromatic rings. The van der Waals surface area contributed by atoms with E-state index in [1.165, 1.54) is 7.11 Å². The maximum Gasteiger partial charge on any atom is 0.321 e. The molecule has 0 amide bonds. The second kappa shape index (κ2) is 7.17. The highest BCUT2D eigenvalue weighted by atomic mass is 16.5. The Labute approximate surface area is 112 Å². The normalized spacial score (nSPS) is 16.3. The molecule has 1 fully saturated rings. The minimum atomic E-state index is 0.282. The molecule has 0 bridgehead atoms. The first-order valence-electron chi connectivity index (χ1n) is 6.37. The van der Waals surface area contributed by atoms with E-state index >= 15 is 0 Å². The summed E-state index contributed by atoms with van der Waals surface area (Å²) in [6.45, 7) is 4.65. The fourth-order valence-electron chi connectivity index (χ4n) is 1.95. The number of ether oxygens (including phenoxy) is 2. The molecule has 106 valence electrons. The summed E-state index contributed by atoms with van der Waals surface area (Å²) in [4.78, 5) is 14.7. The van der Waals surface area contributed by atoms with E-state index < -0.39 is 0 Å². The highest BCUT2D eigenvalue weighted by Crippen LogP contribution is 2.08. The van der Waals surface area contributed by atoms with Crippen molar-refractivity contribution in [1.29, 1.82) is 0 Å². The average Bonchev–Trinajstić information content (AvgIpc) is 2.48. The van der Waals surface area contributed by atoms with Crippen molar-refractivity contribution in [3.63, 3.8) is 0 Å². The van der Waals surface area contributed by atoms with Gasteiger partial charge in [0.1, 0.15) is 5.82 Å². The molecule has 1 saturated heterocycles. The summed E-state index contributed by atoms with van der Waals surface area (Å²) in [6.07, 6.45) is 1.75. The lowest BCUT2D eigenvalue weighted by molar-refractivity contribution is 0.0374. The van der Waals surface area contributed by atoms with Crippen LogP contribution in [0.3, 0.4) is 0 Å². The van der Waals surface area contributed by atoms with Gasteiger partial charge in [0.05, 0.1) is 20.3 Å². The molecule has 0 atom stereocenters. The van der Waals surface area contributed by atoms with Crippen LogP contribution >= 0.6 is 0 Å². The Morgan fingerprint density at radius 1 is 1.32 bits per heavy atom. The molecular formula is C11H20N6O2. The van der Waals surface area contributed by atoms with E-state index in [1.54, 1.807) is 0 Å². The Hall–Kier alpha value is -1.51. The minimum absolute atomic E-state index is 0.282. The number of hydrazine groups is 1. The number of nitrogens with one attached hydrogen (secondary N) is 1. The predicted molar refractivity (Wildman–Crippen MR) is 69.8 cm³/mol. The lowest BCUT2D eigenvalue weighted by atomic mass is 10.2. The van der Waals surface area contributed by atoms with Crippen LogP contribution in [0.4, 0.5) is 5.95 Å². The summed E-state index contributed by atoms with van der Waals surface area (Å²) < 4.78 is 10.3. The summed E-state index contributed by atoms with van der Waals surface area (Å²) in [7, 11) is 1.52. The molecule has 0 aromatic carbocycles. The first-order valence-corrected chi connectivity index (χ1v) is 6.37. The number of anilines is 1. The van der Waals surface area contributed by atoms with Gasteiger partial charge in [0, 0.05) is 19.5 Å². The zero-order valence-electron chi connectivity index (χ0n) is 11.1. The summed E-state index contributed by atoms with van der Waals surface area (Å²) in [5, 5.41) is 0. The Morgan fingerprint density at radius 3 is 2.79 bits per heavy atom. The van der Waals surface area contributed by atoms with Crippen LogP contribution in [-0.4, -0.2) is 59.8 Å². The largest absolute Gasteiger partial charge is 0.467 e. The molecule has 0 saturated carbocycles. The average molecular weight is 268 g/mol. The first kappa shape index (κ1) is 13.9. The molecule has 0 aliphatic carbocycles. The number of nitrogen functional groups attached to an aromatic ring is 1. The van der Waals surface area contributed by atoms with Crippen molar-refractivity contribution in [2.24, 2.45) is 5.84 Å². The monoisotopic (exact) mass is 268 g/mol. The fraction of sp³-hybridized carbons (Fsp3) is 0.727. The van der Waals surface area contributed by atoms with Gasteiger partial charge in [-0.1, -0.05) is 0 Å². The van der Waals surface area contributed by atoms with Crippen LogP contribution in [0.15, 0.2) is 0 Å². The topological polar surface area (TPSA) is 98.4 Å². The number of rotatable bonds is 6. The number of nitrogens with zero attached hydrogens (tertiary/aromatic N) is 4. The lowest BCUT2D eigenvalue weighted by Gasteiger charge is -2.26. The number of methoxy groups -OCH3 is 1. The summed E-state index contributed by atoms with van der Waals surface area (Å²) in [5.41, 5.74) is 2.41. The van der Waals surface area contributed by atoms with Crippen molar-refractivity contribution >= 4 is 5.95 Å². The first-order chi connectivity index (χ1) is 9.31. The zero-order valence-corrected chi connectivity index (χ0v) is 11.1. The van der Waals surface area contributed by atoms with Crippen LogP contribution in [0.2, 0.25) is 0 Å². The highest BCUT2D eigenvalue weighted by Gasteiger charge is 2.11. The molecule has 2 rings (SSSR count). The molecule has 0 radical (unpaired) electrons. The molecule has 3 N–H and O–H groups in total. The lowest BCUT2D eigenvalue weighted by Crippen LogP contribution is -2.37. The number of hydrogen-bond donors (Lipinski definition) is 2. The number of morpholine rings is 1. The second-order valence-corrected chi connectivity index (χ2v) is 4.26. The standard InChI is InChI=1S/C11H20N6O2/c1-18-11-14-9(13-10(15-11)16-12)3-2-4-17-5-7-19-8-6-17/h2-8,12H2,1H3,(H,13,14,15,16). The second-order valence-electron chi connectivity index (χ2n) is 4.26. The molecule has 1 aliphatic rings. The smallest absolute Gasteiger partial charge is 0.321 e. The van der Waals surface area contributed by atoms with E-state index in [9.17, 15) is 0 Å². The van der Waals surface area contributed by atoms with Gasteiger partial charge in [0.15, 0.2) is 0 Å². The van der Waals surface area contributed by atoms with Crippen molar-refractivity contribution < 1.29 is 9.47 Å². The predicted octanol–water partition coefficient (Wildman–Crippen LogP) is -0.569. The van der Waals surface area contributed by atoms with Crippen LogP contribution in [0.25, 0.3) is 0 Å². The van der Waals surface area contributed by atoms with Crippen molar-refractivity contribution in [3.05, 3.63) is 5.82 Å². The van der Waals surface area contributed by atoms with Crippen LogP contribution in [0.5, 0.6) is 6.01 Å². The maximum absolute atomic E-state index is 5.31. The molecule has 8 heteroatoms. The van der Waals surface area contributed by atoms with Crippen LogP contribution < -0.4 is 16.0 Å². The number of hydrogen-bond acceptors (Lipinski definition) is 8. The molecule has 0 unspecified atom stereocenters. The van der Waals surface area contributed by atoms with E-state index in [0.29, 0.717) is 11.8 Å². The number of aryl methyl sites for hydroxylation is 1. The van der Waals surface area contributed by atoms with Gasteiger partial charge in [0.25, 0.3) is 0 Å². The number of aromatic nitrogens is 3. The molecule has 0 spiro atoms. The zero-order chi connectivity index (χ0) is 13.5. The third-order valence-electron chi connectivity index (χ3n) is 2.95. The Bertz CT molecular complexity index is 375. The van der Waals surface area contributed by atoms with E-state index in [2.05, 4.69) is 25.3 Å². The van der Waals surface area contributed by atoms with Gasteiger partial charge in [-0.05, 0) is 13.0 Å². The number of nitrogens with two attached hydrogens (primary N) is 1. The fourth-order valence-corrected chi connectivity index (χ4v) is 1.95. The van der Waals surface area contributed by atoms with Crippen molar-refractivity contribution in [2.75, 3.05) is 45.4 Å². The molecule has 2 heterocycles. The third kappa shape index (κ3) is 4.27. The summed E-state index contributed by atoms with van der Waals surface area (Å²) >= 11 is 0. The van der Waals surface area contributed by atoms with Gasteiger partial charge in [-0.15, -0.1) is 0 Å². The van der Waals surface area contributed by atoms with Crippen LogP contribution in [-0.2, 0) is 11.2 Å². The Morgan fingerprint density at radius 2 is 2.11 bits per heavy atom. The van der Waals surface area contributed by atoms with Crippen molar-refractivity contribution in [2.45, 2.75) is 12.8 Å². The van der Waals surface area contributed by atoms with Crippen molar-refractivity contribution in [3.8, 4) is 6.01 Å². The van der Waals surface area contributed by atoms with Gasteiger partial charge < -0.3 is 9.47 Å². The molecule has 8 nitrogen and oxygen atoms in total. The van der Waals surface area contributed by atoms with Crippen LogP contribution in [0.1, 0.15) is 12.2 Å². The van der Waals surface area contributed by atoms with E-state index in [0.717, 1.165) is 45.7 Å². The van der Waals surface area contributed by atoms with Gasteiger partial charge >= 0.3 is 6.01 Å². The van der Waals surface area contributed by atoms with Gasteiger partial charge in [-0.25, -0.2) is 5.84 Å². The Kier molecular flexibility index (Phi) is 5.25. The maximum atomic E-state index is 5.31. The Balaban J connectivity index is 1.84. The third-order valence-corrected chi connectivity index (χ3v) is 2.95. The van der Waals surface area contributed by atoms with E-state index in [-0.39, 0.29) is 6.01 Å². The van der Waals surface area contributed by atoms with E-state index in [4.69, 9.17) is 15.3 Å². The molecular weight excluding hydrogens is 248 g/mol. The quantitative estimate of drug-likeness (QED) is 0.523. The molecule has 1 aromatic heterocycles. The minimum Gasteiger partial charge on any atom is -0.467 e. The van der Waals surface area contributed by atoms with Gasteiger partial charge in [0.2, 0.25) is 5.95 Å². The van der Waals surface area contributed by atoms with E-state index in [1.807, 2.05) is 0 Å². The highest BCUT2D eigenvalue weighted by molar-refractivity contribution is 5.23. The SMILES string of the molecule is COc1nc(CCCN2CCOCC2)nc(NN)n1. The van der Waals surface area contributed by atoms with Gasteiger partial charge in [-0.3, -0.25) is 10.3 Å². The molecule has 19 heavy (non-hydrogen) atoms. The van der Waals surface area contributed by atoms with Crippen molar-refractivity contribution in [1.82, 2.24) is 19.9 Å². The summed E-state index contributed by atoms with van der Waals surface area (Å²) in [5.74, 6) is 6.32. The van der Waals surface area contributed by atoms with Crippen LogP contribution in [0, 0.1) is 0 Å². The van der Waals surface area contributed by atoms with Gasteiger partial charge in [-0.2, -0.15) is 15.0 Å². The summed E-state index contributed by atoms with van der Waals surface area (Å²) in [6, 6.07) is 0.282. The molecule has 1 aliphatic heterocycles.